The molecular weight excluding hydrogens is 270 g/mol. The molecule has 2 unspecified atom stereocenters. The number of hydrogen-bond donors (Lipinski definition) is 1. The summed E-state index contributed by atoms with van der Waals surface area (Å²) in [6, 6.07) is 3.75. The van der Waals surface area contributed by atoms with Crippen molar-refractivity contribution in [3.05, 3.63) is 30.1 Å². The first-order chi connectivity index (χ1) is 10.3. The Kier molecular flexibility index (Phi) is 4.15. The highest BCUT2D eigenvalue weighted by atomic mass is 16.5. The monoisotopic (exact) mass is 289 g/mol. The van der Waals surface area contributed by atoms with Crippen LogP contribution in [0.4, 0.5) is 0 Å². The normalized spacial score (nSPS) is 24.5. The van der Waals surface area contributed by atoms with Gasteiger partial charge >= 0.3 is 0 Å². The van der Waals surface area contributed by atoms with Gasteiger partial charge in [-0.05, 0) is 18.1 Å². The van der Waals surface area contributed by atoms with E-state index in [4.69, 9.17) is 4.74 Å². The van der Waals surface area contributed by atoms with Crippen LogP contribution in [0.15, 0.2) is 24.5 Å². The Morgan fingerprint density at radius 3 is 2.86 bits per heavy atom. The molecular formula is C15H19N3O3. The van der Waals surface area contributed by atoms with Gasteiger partial charge in [-0.3, -0.25) is 14.6 Å². The van der Waals surface area contributed by atoms with Crippen LogP contribution in [0.2, 0.25) is 0 Å². The summed E-state index contributed by atoms with van der Waals surface area (Å²) in [7, 11) is 0. The van der Waals surface area contributed by atoms with E-state index in [2.05, 4.69) is 10.3 Å². The van der Waals surface area contributed by atoms with E-state index in [-0.39, 0.29) is 23.7 Å². The molecule has 1 N–H and O–H groups in total. The molecule has 1 aromatic rings. The lowest BCUT2D eigenvalue weighted by Crippen LogP contribution is -2.42. The minimum Gasteiger partial charge on any atom is -0.378 e. The molecule has 1 saturated carbocycles. The van der Waals surface area contributed by atoms with E-state index in [1.165, 1.54) is 0 Å². The summed E-state index contributed by atoms with van der Waals surface area (Å²) in [4.78, 5) is 30.1. The number of amides is 2. The second-order valence-electron chi connectivity index (χ2n) is 5.47. The average Bonchev–Trinajstić information content (AvgIpc) is 3.34. The number of morpholine rings is 1. The van der Waals surface area contributed by atoms with E-state index in [0.29, 0.717) is 39.3 Å². The third-order valence-electron chi connectivity index (χ3n) is 3.96. The van der Waals surface area contributed by atoms with Gasteiger partial charge in [0.2, 0.25) is 11.8 Å². The molecule has 0 bridgehead atoms. The van der Waals surface area contributed by atoms with E-state index >= 15 is 0 Å². The average molecular weight is 289 g/mol. The zero-order valence-corrected chi connectivity index (χ0v) is 11.8. The quantitative estimate of drug-likeness (QED) is 0.859. The molecule has 1 aliphatic heterocycles. The maximum atomic E-state index is 12.2. The van der Waals surface area contributed by atoms with Crippen molar-refractivity contribution in [2.75, 3.05) is 26.3 Å². The van der Waals surface area contributed by atoms with Gasteiger partial charge in [0.05, 0.1) is 25.0 Å². The van der Waals surface area contributed by atoms with Crippen molar-refractivity contribution in [1.82, 2.24) is 15.2 Å². The van der Waals surface area contributed by atoms with Crippen LogP contribution in [0.3, 0.4) is 0 Å². The molecule has 6 nitrogen and oxygen atoms in total. The molecule has 0 spiro atoms. The minimum absolute atomic E-state index is 0.0366. The molecule has 1 aromatic heterocycles. The molecule has 1 aliphatic carbocycles. The molecule has 3 rings (SSSR count). The zero-order valence-electron chi connectivity index (χ0n) is 11.8. The lowest BCUT2D eigenvalue weighted by atomic mass is 10.2. The van der Waals surface area contributed by atoms with Gasteiger partial charge in [0.25, 0.3) is 0 Å². The Morgan fingerprint density at radius 2 is 2.14 bits per heavy atom. The highest BCUT2D eigenvalue weighted by Gasteiger charge is 2.49. The van der Waals surface area contributed by atoms with Gasteiger partial charge in [0, 0.05) is 32.0 Å². The second-order valence-corrected chi connectivity index (χ2v) is 5.47. The van der Waals surface area contributed by atoms with E-state index < -0.39 is 0 Å². The standard InChI is InChI=1S/C15H19N3O3/c19-14(17-10-11-2-1-3-16-9-11)12-8-13(12)15(20)18-4-6-21-7-5-18/h1-3,9,12-13H,4-8,10H2,(H,17,19). The molecule has 2 amide bonds. The third-order valence-corrected chi connectivity index (χ3v) is 3.96. The smallest absolute Gasteiger partial charge is 0.226 e. The second kappa shape index (κ2) is 6.22. The lowest BCUT2D eigenvalue weighted by Gasteiger charge is -2.27. The summed E-state index contributed by atoms with van der Waals surface area (Å²) in [5.41, 5.74) is 0.961. The third kappa shape index (κ3) is 3.39. The molecule has 21 heavy (non-hydrogen) atoms. The SMILES string of the molecule is O=C(NCc1cccnc1)C1CC1C(=O)N1CCOCC1. The number of hydrogen-bond acceptors (Lipinski definition) is 4. The molecule has 2 atom stereocenters. The number of carbonyl (C=O) groups excluding carboxylic acids is 2. The highest BCUT2D eigenvalue weighted by molar-refractivity contribution is 5.92. The van der Waals surface area contributed by atoms with Gasteiger partial charge in [-0.25, -0.2) is 0 Å². The van der Waals surface area contributed by atoms with Gasteiger partial charge in [-0.1, -0.05) is 6.07 Å². The fraction of sp³-hybridized carbons (Fsp3) is 0.533. The summed E-state index contributed by atoms with van der Waals surface area (Å²) < 4.78 is 5.23. The van der Waals surface area contributed by atoms with Crippen molar-refractivity contribution >= 4 is 11.8 Å². The van der Waals surface area contributed by atoms with Crippen molar-refractivity contribution in [2.24, 2.45) is 11.8 Å². The number of rotatable bonds is 4. The molecule has 0 aromatic carbocycles. The number of aromatic nitrogens is 1. The van der Waals surface area contributed by atoms with Gasteiger partial charge in [0.15, 0.2) is 0 Å². The Morgan fingerprint density at radius 1 is 1.33 bits per heavy atom. The van der Waals surface area contributed by atoms with Crippen LogP contribution >= 0.6 is 0 Å². The van der Waals surface area contributed by atoms with Crippen LogP contribution < -0.4 is 5.32 Å². The van der Waals surface area contributed by atoms with Crippen LogP contribution in [0.25, 0.3) is 0 Å². The Balaban J connectivity index is 1.46. The fourth-order valence-electron chi connectivity index (χ4n) is 2.60. The molecule has 1 saturated heterocycles. The van der Waals surface area contributed by atoms with Crippen LogP contribution in [0.5, 0.6) is 0 Å². The van der Waals surface area contributed by atoms with E-state index in [1.807, 2.05) is 17.0 Å². The largest absolute Gasteiger partial charge is 0.378 e. The van der Waals surface area contributed by atoms with Crippen molar-refractivity contribution in [2.45, 2.75) is 13.0 Å². The van der Waals surface area contributed by atoms with Crippen LogP contribution in [0.1, 0.15) is 12.0 Å². The minimum atomic E-state index is -0.169. The number of ether oxygens (including phenoxy) is 1. The first kappa shape index (κ1) is 14.0. The van der Waals surface area contributed by atoms with Gasteiger partial charge in [-0.15, -0.1) is 0 Å². The van der Waals surface area contributed by atoms with Crippen LogP contribution in [-0.2, 0) is 20.9 Å². The van der Waals surface area contributed by atoms with Crippen LogP contribution in [0, 0.1) is 11.8 Å². The predicted octanol–water partition coefficient (Wildman–Crippen LogP) is 0.193. The first-order valence-corrected chi connectivity index (χ1v) is 7.29. The molecule has 2 aliphatic rings. The maximum absolute atomic E-state index is 12.2. The molecule has 112 valence electrons. The predicted molar refractivity (Wildman–Crippen MR) is 75.1 cm³/mol. The Labute approximate surface area is 123 Å². The Bertz CT molecular complexity index is 514. The zero-order chi connectivity index (χ0) is 14.7. The summed E-state index contributed by atoms with van der Waals surface area (Å²) in [6.45, 7) is 2.92. The number of carbonyl (C=O) groups is 2. The molecule has 0 radical (unpaired) electrons. The summed E-state index contributed by atoms with van der Waals surface area (Å²) in [5.74, 6) is -0.251. The van der Waals surface area contributed by atoms with Crippen molar-refractivity contribution in [1.29, 1.82) is 0 Å². The maximum Gasteiger partial charge on any atom is 0.226 e. The molecule has 2 heterocycles. The Hall–Kier alpha value is -1.95. The van der Waals surface area contributed by atoms with Crippen molar-refractivity contribution in [3.63, 3.8) is 0 Å². The summed E-state index contributed by atoms with van der Waals surface area (Å²) >= 11 is 0. The van der Waals surface area contributed by atoms with Gasteiger partial charge in [-0.2, -0.15) is 0 Å². The van der Waals surface area contributed by atoms with E-state index in [1.54, 1.807) is 12.4 Å². The lowest BCUT2D eigenvalue weighted by molar-refractivity contribution is -0.138. The topological polar surface area (TPSA) is 71.5 Å². The first-order valence-electron chi connectivity index (χ1n) is 7.29. The number of pyridine rings is 1. The van der Waals surface area contributed by atoms with Crippen LogP contribution in [-0.4, -0.2) is 48.0 Å². The van der Waals surface area contributed by atoms with E-state index in [9.17, 15) is 9.59 Å². The summed E-state index contributed by atoms with van der Waals surface area (Å²) in [5, 5.41) is 2.87. The number of nitrogens with one attached hydrogen (secondary N) is 1. The van der Waals surface area contributed by atoms with E-state index in [0.717, 1.165) is 5.56 Å². The molecule has 6 heteroatoms. The summed E-state index contributed by atoms with van der Waals surface area (Å²) in [6.07, 6.45) is 4.09. The number of nitrogens with zero attached hydrogens (tertiary/aromatic N) is 2. The van der Waals surface area contributed by atoms with Crippen molar-refractivity contribution in [3.8, 4) is 0 Å². The highest BCUT2D eigenvalue weighted by Crippen LogP contribution is 2.40. The molecule has 2 fully saturated rings. The van der Waals surface area contributed by atoms with Gasteiger partial charge < -0.3 is 15.0 Å². The fourth-order valence-corrected chi connectivity index (χ4v) is 2.60. The van der Waals surface area contributed by atoms with Crippen molar-refractivity contribution < 1.29 is 14.3 Å². The van der Waals surface area contributed by atoms with Gasteiger partial charge in [0.1, 0.15) is 0 Å².